The van der Waals surface area contributed by atoms with Crippen molar-refractivity contribution < 1.29 is 9.53 Å². The average Bonchev–Trinajstić information content (AvgIpc) is 2.47. The minimum atomic E-state index is -0.501. The zero-order chi connectivity index (χ0) is 14.4. The summed E-state index contributed by atoms with van der Waals surface area (Å²) < 4.78 is 5.17. The Morgan fingerprint density at radius 1 is 1.15 bits per heavy atom. The highest BCUT2D eigenvalue weighted by Gasteiger charge is 2.04. The number of carbonyl (C=O) groups excluding carboxylic acids is 1. The lowest BCUT2D eigenvalue weighted by Gasteiger charge is -2.12. The molecule has 0 radical (unpaired) electrons. The summed E-state index contributed by atoms with van der Waals surface area (Å²) in [5.41, 5.74) is 7.61. The molecule has 4 nitrogen and oxygen atoms in total. The Balaban J connectivity index is 2.31. The van der Waals surface area contributed by atoms with Crippen molar-refractivity contribution in [2.45, 2.75) is 0 Å². The van der Waals surface area contributed by atoms with Crippen molar-refractivity contribution in [3.05, 3.63) is 66.2 Å². The number of nitrogens with one attached hydrogen (secondary N) is 1. The first-order valence-corrected chi connectivity index (χ1v) is 6.16. The normalized spacial score (nSPS) is 10.9. The highest BCUT2D eigenvalue weighted by molar-refractivity contribution is 5.96. The van der Waals surface area contributed by atoms with Gasteiger partial charge < -0.3 is 15.8 Å². The van der Waals surface area contributed by atoms with Crippen molar-refractivity contribution in [1.82, 2.24) is 0 Å². The molecule has 0 saturated carbocycles. The van der Waals surface area contributed by atoms with Crippen LogP contribution in [-0.4, -0.2) is 13.0 Å². The van der Waals surface area contributed by atoms with E-state index in [9.17, 15) is 4.79 Å². The third-order valence-corrected chi connectivity index (χ3v) is 2.72. The van der Waals surface area contributed by atoms with E-state index in [4.69, 9.17) is 10.5 Å². The molecule has 0 heterocycles. The van der Waals surface area contributed by atoms with Crippen LogP contribution in [0.1, 0.15) is 5.56 Å². The standard InChI is InChI=1S/C16H16N2O2/c1-20-14-9-5-8-13(10-14)18-15(11-16(17)19)12-6-3-2-4-7-12/h2-11,18H,1H3,(H2,17,19)/b15-11+. The number of amides is 1. The van der Waals surface area contributed by atoms with Crippen LogP contribution >= 0.6 is 0 Å². The maximum Gasteiger partial charge on any atom is 0.243 e. The third-order valence-electron chi connectivity index (χ3n) is 2.72. The molecule has 2 rings (SSSR count). The van der Waals surface area contributed by atoms with E-state index in [0.29, 0.717) is 5.70 Å². The van der Waals surface area contributed by atoms with E-state index in [0.717, 1.165) is 17.0 Å². The smallest absolute Gasteiger partial charge is 0.243 e. The van der Waals surface area contributed by atoms with Crippen LogP contribution < -0.4 is 15.8 Å². The summed E-state index contributed by atoms with van der Waals surface area (Å²) in [6.45, 7) is 0. The first kappa shape index (κ1) is 13.7. The van der Waals surface area contributed by atoms with Crippen LogP contribution in [-0.2, 0) is 4.79 Å². The molecule has 0 aliphatic rings. The lowest BCUT2D eigenvalue weighted by atomic mass is 10.1. The van der Waals surface area contributed by atoms with Crippen molar-refractivity contribution in [2.75, 3.05) is 12.4 Å². The molecule has 0 saturated heterocycles. The van der Waals surface area contributed by atoms with Gasteiger partial charge in [0.05, 0.1) is 12.8 Å². The number of anilines is 1. The summed E-state index contributed by atoms with van der Waals surface area (Å²) in [7, 11) is 1.61. The topological polar surface area (TPSA) is 64.3 Å². The van der Waals surface area contributed by atoms with Gasteiger partial charge in [0, 0.05) is 17.8 Å². The number of benzene rings is 2. The monoisotopic (exact) mass is 268 g/mol. The van der Waals surface area contributed by atoms with E-state index < -0.39 is 5.91 Å². The van der Waals surface area contributed by atoms with E-state index in [2.05, 4.69) is 5.32 Å². The molecule has 2 aromatic carbocycles. The quantitative estimate of drug-likeness (QED) is 0.819. The molecule has 0 aliphatic carbocycles. The molecule has 1 amide bonds. The molecule has 0 bridgehead atoms. The zero-order valence-electron chi connectivity index (χ0n) is 11.2. The van der Waals surface area contributed by atoms with Gasteiger partial charge in [-0.25, -0.2) is 0 Å². The van der Waals surface area contributed by atoms with Gasteiger partial charge in [0.15, 0.2) is 0 Å². The molecule has 0 aliphatic heterocycles. The van der Waals surface area contributed by atoms with Gasteiger partial charge in [0.25, 0.3) is 0 Å². The van der Waals surface area contributed by atoms with Gasteiger partial charge in [-0.2, -0.15) is 0 Å². The van der Waals surface area contributed by atoms with E-state index in [1.54, 1.807) is 7.11 Å². The minimum Gasteiger partial charge on any atom is -0.497 e. The van der Waals surface area contributed by atoms with Crippen LogP contribution in [0.4, 0.5) is 5.69 Å². The van der Waals surface area contributed by atoms with Crippen LogP contribution in [0, 0.1) is 0 Å². The maximum atomic E-state index is 11.2. The molecule has 0 aromatic heterocycles. The van der Waals surface area contributed by atoms with Crippen molar-refractivity contribution >= 4 is 17.3 Å². The Labute approximate surface area is 117 Å². The molecule has 3 N–H and O–H groups in total. The summed E-state index contributed by atoms with van der Waals surface area (Å²) in [5, 5.41) is 3.18. The molecule has 2 aromatic rings. The molecule has 0 spiro atoms. The summed E-state index contributed by atoms with van der Waals surface area (Å²) in [6, 6.07) is 17.0. The second-order valence-corrected chi connectivity index (χ2v) is 4.18. The first-order valence-electron chi connectivity index (χ1n) is 6.16. The fourth-order valence-corrected chi connectivity index (χ4v) is 1.81. The number of methoxy groups -OCH3 is 1. The second-order valence-electron chi connectivity index (χ2n) is 4.18. The maximum absolute atomic E-state index is 11.2. The number of hydrogen-bond acceptors (Lipinski definition) is 3. The highest BCUT2D eigenvalue weighted by Crippen LogP contribution is 2.22. The molecule has 102 valence electrons. The highest BCUT2D eigenvalue weighted by atomic mass is 16.5. The fourth-order valence-electron chi connectivity index (χ4n) is 1.81. The van der Waals surface area contributed by atoms with E-state index >= 15 is 0 Å². The molecule has 4 heteroatoms. The number of hydrogen-bond donors (Lipinski definition) is 2. The largest absolute Gasteiger partial charge is 0.497 e. The van der Waals surface area contributed by atoms with Crippen molar-refractivity contribution in [1.29, 1.82) is 0 Å². The van der Waals surface area contributed by atoms with Gasteiger partial charge in [0.2, 0.25) is 5.91 Å². The molecule has 0 atom stereocenters. The number of carbonyl (C=O) groups is 1. The summed E-state index contributed by atoms with van der Waals surface area (Å²) in [6.07, 6.45) is 1.37. The average molecular weight is 268 g/mol. The van der Waals surface area contributed by atoms with Crippen molar-refractivity contribution in [3.63, 3.8) is 0 Å². The second kappa shape index (κ2) is 6.43. The van der Waals surface area contributed by atoms with Crippen molar-refractivity contribution in [3.8, 4) is 5.75 Å². The van der Waals surface area contributed by atoms with Crippen LogP contribution in [0.25, 0.3) is 5.70 Å². The Morgan fingerprint density at radius 3 is 2.55 bits per heavy atom. The van der Waals surface area contributed by atoms with Crippen LogP contribution in [0.3, 0.4) is 0 Å². The van der Waals surface area contributed by atoms with Crippen LogP contribution in [0.5, 0.6) is 5.75 Å². The number of ether oxygens (including phenoxy) is 1. The van der Waals surface area contributed by atoms with Gasteiger partial charge in [-0.15, -0.1) is 0 Å². The molecular weight excluding hydrogens is 252 g/mol. The van der Waals surface area contributed by atoms with E-state index in [1.807, 2.05) is 54.6 Å². The lowest BCUT2D eigenvalue weighted by Crippen LogP contribution is -2.10. The van der Waals surface area contributed by atoms with Crippen LogP contribution in [0.15, 0.2) is 60.7 Å². The Morgan fingerprint density at radius 2 is 1.90 bits per heavy atom. The van der Waals surface area contributed by atoms with Gasteiger partial charge in [-0.1, -0.05) is 36.4 Å². The Kier molecular flexibility index (Phi) is 4.39. The Hall–Kier alpha value is -2.75. The third kappa shape index (κ3) is 3.62. The number of primary amides is 1. The number of rotatable bonds is 5. The predicted molar refractivity (Wildman–Crippen MR) is 80.2 cm³/mol. The van der Waals surface area contributed by atoms with Gasteiger partial charge in [0.1, 0.15) is 5.75 Å². The Bertz CT molecular complexity index is 621. The van der Waals surface area contributed by atoms with E-state index in [1.165, 1.54) is 6.08 Å². The summed E-state index contributed by atoms with van der Waals surface area (Å²) >= 11 is 0. The SMILES string of the molecule is COc1cccc(N/C(=C/C(N)=O)c2ccccc2)c1. The van der Waals surface area contributed by atoms with Gasteiger partial charge in [-0.05, 0) is 17.7 Å². The fraction of sp³-hybridized carbons (Fsp3) is 0.0625. The summed E-state index contributed by atoms with van der Waals surface area (Å²) in [5.74, 6) is 0.237. The first-order chi connectivity index (χ1) is 9.69. The van der Waals surface area contributed by atoms with Gasteiger partial charge >= 0.3 is 0 Å². The van der Waals surface area contributed by atoms with Gasteiger partial charge in [-0.3, -0.25) is 4.79 Å². The predicted octanol–water partition coefficient (Wildman–Crippen LogP) is 2.63. The van der Waals surface area contributed by atoms with Crippen molar-refractivity contribution in [2.24, 2.45) is 5.73 Å². The molecule has 0 fully saturated rings. The minimum absolute atomic E-state index is 0.501. The molecular formula is C16H16N2O2. The molecule has 20 heavy (non-hydrogen) atoms. The van der Waals surface area contributed by atoms with E-state index in [-0.39, 0.29) is 0 Å². The lowest BCUT2D eigenvalue weighted by molar-refractivity contribution is -0.113. The van der Waals surface area contributed by atoms with Crippen LogP contribution in [0.2, 0.25) is 0 Å². The number of nitrogens with two attached hydrogens (primary N) is 1. The summed E-state index contributed by atoms with van der Waals surface area (Å²) in [4.78, 5) is 11.2. The molecule has 0 unspecified atom stereocenters. The zero-order valence-corrected chi connectivity index (χ0v) is 11.2.